The normalized spacial score (nSPS) is 11.1. The standard InChI is InChI=1S/C16H23N5.HI/c1-3-4-8-18-16(17)19-10-13-6-5-7-14(9-13)15-11-20-21(2)12-15;/h5-7,9,11-12H,3-4,8,10H2,1-2H3,(H3,17,18,19);1H. The van der Waals surface area contributed by atoms with Crippen LogP contribution in [-0.2, 0) is 13.6 Å². The monoisotopic (exact) mass is 413 g/mol. The topological polar surface area (TPSA) is 68.2 Å². The summed E-state index contributed by atoms with van der Waals surface area (Å²) >= 11 is 0. The Bertz CT molecular complexity index is 606. The molecule has 0 aliphatic carbocycles. The number of nitrogens with one attached hydrogen (secondary N) is 1. The average molecular weight is 413 g/mol. The first-order chi connectivity index (χ1) is 10.2. The fourth-order valence-corrected chi connectivity index (χ4v) is 2.05. The lowest BCUT2D eigenvalue weighted by Gasteiger charge is -2.05. The van der Waals surface area contributed by atoms with Gasteiger partial charge in [-0.3, -0.25) is 4.68 Å². The van der Waals surface area contributed by atoms with Crippen LogP contribution in [0.15, 0.2) is 41.7 Å². The van der Waals surface area contributed by atoms with Crippen LogP contribution in [0, 0.1) is 0 Å². The highest BCUT2D eigenvalue weighted by Gasteiger charge is 2.01. The summed E-state index contributed by atoms with van der Waals surface area (Å²) in [6, 6.07) is 8.30. The first kappa shape index (κ1) is 18.5. The number of nitrogens with two attached hydrogens (primary N) is 1. The van der Waals surface area contributed by atoms with E-state index in [2.05, 4.69) is 40.5 Å². The number of aryl methyl sites for hydroxylation is 1. The number of hydrogen-bond acceptors (Lipinski definition) is 2. The third-order valence-electron chi connectivity index (χ3n) is 3.23. The number of halogens is 1. The SMILES string of the molecule is CCCCNC(N)=NCc1cccc(-c2cnn(C)c2)c1.I. The number of benzene rings is 1. The molecular weight excluding hydrogens is 389 g/mol. The highest BCUT2D eigenvalue weighted by Crippen LogP contribution is 2.19. The molecule has 0 bridgehead atoms. The van der Waals surface area contributed by atoms with E-state index < -0.39 is 0 Å². The van der Waals surface area contributed by atoms with Gasteiger partial charge in [0.05, 0.1) is 12.7 Å². The van der Waals surface area contributed by atoms with E-state index in [4.69, 9.17) is 5.73 Å². The number of guanidine groups is 1. The summed E-state index contributed by atoms with van der Waals surface area (Å²) < 4.78 is 1.80. The number of nitrogens with zero attached hydrogens (tertiary/aromatic N) is 3. The Morgan fingerprint density at radius 2 is 2.18 bits per heavy atom. The lowest BCUT2D eigenvalue weighted by atomic mass is 10.1. The predicted octanol–water partition coefficient (Wildman–Crippen LogP) is 2.91. The Labute approximate surface area is 149 Å². The maximum Gasteiger partial charge on any atom is 0.188 e. The summed E-state index contributed by atoms with van der Waals surface area (Å²) in [6.07, 6.45) is 6.12. The van der Waals surface area contributed by atoms with Crippen molar-refractivity contribution in [3.63, 3.8) is 0 Å². The lowest BCUT2D eigenvalue weighted by Crippen LogP contribution is -2.32. The molecule has 0 radical (unpaired) electrons. The maximum absolute atomic E-state index is 5.84. The molecule has 22 heavy (non-hydrogen) atoms. The van der Waals surface area contributed by atoms with E-state index in [-0.39, 0.29) is 24.0 Å². The molecule has 0 spiro atoms. The highest BCUT2D eigenvalue weighted by atomic mass is 127. The highest BCUT2D eigenvalue weighted by molar-refractivity contribution is 14.0. The number of aromatic nitrogens is 2. The van der Waals surface area contributed by atoms with E-state index in [0.29, 0.717) is 12.5 Å². The van der Waals surface area contributed by atoms with E-state index >= 15 is 0 Å². The van der Waals surface area contributed by atoms with Crippen LogP contribution in [-0.4, -0.2) is 22.3 Å². The van der Waals surface area contributed by atoms with Gasteiger partial charge in [-0.1, -0.05) is 31.5 Å². The van der Waals surface area contributed by atoms with Crippen molar-refractivity contribution in [2.24, 2.45) is 17.8 Å². The van der Waals surface area contributed by atoms with Crippen LogP contribution < -0.4 is 11.1 Å². The summed E-state index contributed by atoms with van der Waals surface area (Å²) in [7, 11) is 1.92. The molecular formula is C16H24IN5. The molecule has 2 rings (SSSR count). The fourth-order valence-electron chi connectivity index (χ4n) is 2.05. The number of rotatable bonds is 6. The van der Waals surface area contributed by atoms with Gasteiger partial charge in [0.1, 0.15) is 0 Å². The number of unbranched alkanes of at least 4 members (excludes halogenated alkanes) is 1. The van der Waals surface area contributed by atoms with Crippen LogP contribution in [0.3, 0.4) is 0 Å². The molecule has 0 aliphatic heterocycles. The molecule has 0 fully saturated rings. The zero-order valence-corrected chi connectivity index (χ0v) is 15.5. The summed E-state index contributed by atoms with van der Waals surface area (Å²) in [4.78, 5) is 4.37. The lowest BCUT2D eigenvalue weighted by molar-refractivity contribution is 0.748. The maximum atomic E-state index is 5.84. The van der Waals surface area contributed by atoms with Gasteiger partial charge in [0, 0.05) is 25.4 Å². The van der Waals surface area contributed by atoms with Crippen LogP contribution in [0.2, 0.25) is 0 Å². The van der Waals surface area contributed by atoms with Crippen molar-refractivity contribution in [2.45, 2.75) is 26.3 Å². The van der Waals surface area contributed by atoms with E-state index in [1.807, 2.05) is 25.5 Å². The van der Waals surface area contributed by atoms with Crippen LogP contribution in [0.25, 0.3) is 11.1 Å². The van der Waals surface area contributed by atoms with Crippen molar-refractivity contribution in [1.82, 2.24) is 15.1 Å². The molecule has 1 aromatic carbocycles. The fraction of sp³-hybridized carbons (Fsp3) is 0.375. The van der Waals surface area contributed by atoms with Gasteiger partial charge in [0.15, 0.2) is 5.96 Å². The van der Waals surface area contributed by atoms with Crippen LogP contribution in [0.5, 0.6) is 0 Å². The Morgan fingerprint density at radius 3 is 2.86 bits per heavy atom. The minimum atomic E-state index is 0. The van der Waals surface area contributed by atoms with E-state index in [0.717, 1.165) is 36.1 Å². The van der Waals surface area contributed by atoms with Gasteiger partial charge in [-0.2, -0.15) is 5.10 Å². The molecule has 6 heteroatoms. The molecule has 3 N–H and O–H groups in total. The Kier molecular flexibility index (Phi) is 7.94. The first-order valence-corrected chi connectivity index (χ1v) is 7.31. The van der Waals surface area contributed by atoms with Gasteiger partial charge in [0.2, 0.25) is 0 Å². The first-order valence-electron chi connectivity index (χ1n) is 7.31. The number of aliphatic imine (C=N–C) groups is 1. The Balaban J connectivity index is 0.00000242. The van der Waals surface area contributed by atoms with Crippen molar-refractivity contribution < 1.29 is 0 Å². The van der Waals surface area contributed by atoms with E-state index in [1.54, 1.807) is 4.68 Å². The van der Waals surface area contributed by atoms with E-state index in [1.165, 1.54) is 0 Å². The summed E-state index contributed by atoms with van der Waals surface area (Å²) in [5.41, 5.74) is 9.23. The number of hydrogen-bond donors (Lipinski definition) is 2. The van der Waals surface area contributed by atoms with Crippen molar-refractivity contribution in [1.29, 1.82) is 0 Å². The predicted molar refractivity (Wildman–Crippen MR) is 102 cm³/mol. The van der Waals surface area contributed by atoms with Crippen molar-refractivity contribution in [3.05, 3.63) is 42.2 Å². The second-order valence-electron chi connectivity index (χ2n) is 5.08. The summed E-state index contributed by atoms with van der Waals surface area (Å²) in [5, 5.41) is 7.32. The van der Waals surface area contributed by atoms with Crippen molar-refractivity contribution in [2.75, 3.05) is 6.54 Å². The molecule has 1 heterocycles. The molecule has 0 saturated carbocycles. The third-order valence-corrected chi connectivity index (χ3v) is 3.23. The molecule has 0 amide bonds. The second kappa shape index (κ2) is 9.45. The average Bonchev–Trinajstić information content (AvgIpc) is 2.92. The minimum absolute atomic E-state index is 0. The molecule has 0 saturated heterocycles. The summed E-state index contributed by atoms with van der Waals surface area (Å²) in [6.45, 7) is 3.61. The van der Waals surface area contributed by atoms with Crippen LogP contribution in [0.1, 0.15) is 25.3 Å². The molecule has 120 valence electrons. The minimum Gasteiger partial charge on any atom is -0.370 e. The summed E-state index contributed by atoms with van der Waals surface area (Å²) in [5.74, 6) is 0.509. The van der Waals surface area contributed by atoms with Crippen LogP contribution in [0.4, 0.5) is 0 Å². The van der Waals surface area contributed by atoms with E-state index in [9.17, 15) is 0 Å². The molecule has 0 atom stereocenters. The second-order valence-corrected chi connectivity index (χ2v) is 5.08. The van der Waals surface area contributed by atoms with Crippen molar-refractivity contribution >= 4 is 29.9 Å². The zero-order chi connectivity index (χ0) is 15.1. The molecule has 5 nitrogen and oxygen atoms in total. The van der Waals surface area contributed by atoms with Gasteiger partial charge in [-0.25, -0.2) is 4.99 Å². The zero-order valence-electron chi connectivity index (χ0n) is 13.1. The molecule has 2 aromatic rings. The smallest absolute Gasteiger partial charge is 0.188 e. The Hall–Kier alpha value is -1.57. The molecule has 0 unspecified atom stereocenters. The Morgan fingerprint density at radius 1 is 1.36 bits per heavy atom. The van der Waals surface area contributed by atoms with Crippen molar-refractivity contribution in [3.8, 4) is 11.1 Å². The van der Waals surface area contributed by atoms with Gasteiger partial charge in [0.25, 0.3) is 0 Å². The molecule has 1 aromatic heterocycles. The van der Waals surface area contributed by atoms with Gasteiger partial charge in [-0.05, 0) is 23.6 Å². The van der Waals surface area contributed by atoms with Crippen LogP contribution >= 0.6 is 24.0 Å². The van der Waals surface area contributed by atoms with Gasteiger partial charge < -0.3 is 11.1 Å². The third kappa shape index (κ3) is 5.67. The van der Waals surface area contributed by atoms with Gasteiger partial charge >= 0.3 is 0 Å². The largest absolute Gasteiger partial charge is 0.370 e. The van der Waals surface area contributed by atoms with Gasteiger partial charge in [-0.15, -0.1) is 24.0 Å². The molecule has 0 aliphatic rings. The quantitative estimate of drug-likeness (QED) is 0.331.